The molecule has 0 bridgehead atoms. The van der Waals surface area contributed by atoms with E-state index in [4.69, 9.17) is 19.5 Å². The molecule has 1 aliphatic heterocycles. The molecule has 0 aliphatic carbocycles. The van der Waals surface area contributed by atoms with Crippen molar-refractivity contribution >= 4 is 0 Å². The zero-order valence-corrected chi connectivity index (χ0v) is 13.8. The van der Waals surface area contributed by atoms with Crippen LogP contribution in [0.2, 0.25) is 0 Å². The highest BCUT2D eigenvalue weighted by molar-refractivity contribution is 5.42. The average molecular weight is 304 g/mol. The lowest BCUT2D eigenvalue weighted by molar-refractivity contribution is -0.154. The van der Waals surface area contributed by atoms with E-state index in [1.54, 1.807) is 20.3 Å². The first kappa shape index (κ1) is 16.8. The van der Waals surface area contributed by atoms with E-state index in [-0.39, 0.29) is 11.7 Å². The normalized spacial score (nSPS) is 21.3. The first-order valence-electron chi connectivity index (χ1n) is 7.43. The summed E-state index contributed by atoms with van der Waals surface area (Å²) in [6.07, 6.45) is 0.0545. The minimum absolute atomic E-state index is 0.0545. The quantitative estimate of drug-likeness (QED) is 0.834. The molecule has 0 amide bonds. The second kappa shape index (κ2) is 7.10. The number of morpholine rings is 1. The van der Waals surface area contributed by atoms with Gasteiger partial charge in [0.1, 0.15) is 5.75 Å². The highest BCUT2D eigenvalue weighted by atomic mass is 16.5. The summed E-state index contributed by atoms with van der Waals surface area (Å²) in [5, 5.41) is 9.09. The lowest BCUT2D eigenvalue weighted by Gasteiger charge is -2.42. The van der Waals surface area contributed by atoms with Crippen LogP contribution in [0.4, 0.5) is 0 Å². The maximum atomic E-state index is 9.09. The summed E-state index contributed by atoms with van der Waals surface area (Å²) in [7, 11) is 3.34. The highest BCUT2D eigenvalue weighted by Gasteiger charge is 2.33. The van der Waals surface area contributed by atoms with Crippen molar-refractivity contribution in [2.24, 2.45) is 0 Å². The van der Waals surface area contributed by atoms with Crippen LogP contribution < -0.4 is 4.74 Å². The van der Waals surface area contributed by atoms with Crippen molar-refractivity contribution in [1.29, 1.82) is 5.26 Å². The van der Waals surface area contributed by atoms with Gasteiger partial charge >= 0.3 is 0 Å². The molecular weight excluding hydrogens is 280 g/mol. The number of nitriles is 1. The molecule has 5 heteroatoms. The summed E-state index contributed by atoms with van der Waals surface area (Å²) in [6, 6.07) is 7.71. The minimum Gasteiger partial charge on any atom is -0.496 e. The average Bonchev–Trinajstić information content (AvgIpc) is 2.45. The number of hydrogen-bond donors (Lipinski definition) is 0. The van der Waals surface area contributed by atoms with Gasteiger partial charge in [0.05, 0.1) is 37.1 Å². The van der Waals surface area contributed by atoms with Crippen molar-refractivity contribution in [1.82, 2.24) is 4.90 Å². The molecule has 0 N–H and O–H groups in total. The van der Waals surface area contributed by atoms with Gasteiger partial charge in [-0.05, 0) is 32.0 Å². The second-order valence-electron chi connectivity index (χ2n) is 6.26. The number of nitrogens with zero attached hydrogens (tertiary/aromatic N) is 2. The van der Waals surface area contributed by atoms with Crippen LogP contribution in [-0.2, 0) is 16.0 Å². The Bertz CT molecular complexity index is 551. The van der Waals surface area contributed by atoms with Crippen molar-refractivity contribution in [3.8, 4) is 11.8 Å². The Balaban J connectivity index is 2.16. The van der Waals surface area contributed by atoms with Crippen LogP contribution >= 0.6 is 0 Å². The van der Waals surface area contributed by atoms with Crippen LogP contribution in [0.5, 0.6) is 5.75 Å². The molecule has 1 atom stereocenters. The van der Waals surface area contributed by atoms with Gasteiger partial charge in [-0.25, -0.2) is 0 Å². The van der Waals surface area contributed by atoms with Crippen molar-refractivity contribution < 1.29 is 14.2 Å². The summed E-state index contributed by atoms with van der Waals surface area (Å²) in [5.41, 5.74) is 1.45. The molecule has 1 aliphatic rings. The Kier molecular flexibility index (Phi) is 5.41. The molecule has 5 nitrogen and oxygen atoms in total. The highest BCUT2D eigenvalue weighted by Crippen LogP contribution is 2.26. The van der Waals surface area contributed by atoms with Crippen LogP contribution in [0.25, 0.3) is 0 Å². The number of ether oxygens (including phenoxy) is 3. The van der Waals surface area contributed by atoms with Gasteiger partial charge in [0.15, 0.2) is 0 Å². The van der Waals surface area contributed by atoms with Crippen LogP contribution in [0.1, 0.15) is 25.0 Å². The molecule has 0 aromatic heterocycles. The molecule has 0 saturated carbocycles. The summed E-state index contributed by atoms with van der Waals surface area (Å²) in [6.45, 7) is 7.11. The predicted octanol–water partition coefficient (Wildman–Crippen LogP) is 2.19. The maximum Gasteiger partial charge on any atom is 0.123 e. The third kappa shape index (κ3) is 4.20. The molecule has 22 heavy (non-hydrogen) atoms. The molecule has 0 spiro atoms. The zero-order valence-electron chi connectivity index (χ0n) is 13.8. The molecule has 1 saturated heterocycles. The van der Waals surface area contributed by atoms with E-state index in [1.807, 2.05) is 12.1 Å². The number of methoxy groups -OCH3 is 2. The van der Waals surface area contributed by atoms with Crippen LogP contribution in [-0.4, -0.2) is 50.5 Å². The smallest absolute Gasteiger partial charge is 0.123 e. The van der Waals surface area contributed by atoms with Gasteiger partial charge in [0.25, 0.3) is 0 Å². The Hall–Kier alpha value is -1.61. The fourth-order valence-electron chi connectivity index (χ4n) is 3.02. The lowest BCUT2D eigenvalue weighted by Crippen LogP contribution is -2.53. The van der Waals surface area contributed by atoms with Crippen molar-refractivity contribution in [3.63, 3.8) is 0 Å². The molecule has 1 fully saturated rings. The predicted molar refractivity (Wildman–Crippen MR) is 83.8 cm³/mol. The Morgan fingerprint density at radius 1 is 1.41 bits per heavy atom. The topological polar surface area (TPSA) is 54.7 Å². The molecule has 1 aromatic rings. The summed E-state index contributed by atoms with van der Waals surface area (Å²) in [4.78, 5) is 2.33. The first-order chi connectivity index (χ1) is 10.5. The van der Waals surface area contributed by atoms with Crippen LogP contribution in [0.3, 0.4) is 0 Å². The molecule has 2 rings (SSSR count). The van der Waals surface area contributed by atoms with Gasteiger partial charge in [0.2, 0.25) is 0 Å². The largest absolute Gasteiger partial charge is 0.496 e. The summed E-state index contributed by atoms with van der Waals surface area (Å²) in [5.74, 6) is 0.812. The molecule has 1 aromatic carbocycles. The van der Waals surface area contributed by atoms with Gasteiger partial charge in [-0.2, -0.15) is 5.26 Å². The molecule has 0 radical (unpaired) electrons. The molecule has 0 unspecified atom stereocenters. The fraction of sp³-hybridized carbons (Fsp3) is 0.588. The number of rotatable bonds is 5. The third-order valence-electron chi connectivity index (χ3n) is 3.71. The first-order valence-corrected chi connectivity index (χ1v) is 7.43. The van der Waals surface area contributed by atoms with Crippen LogP contribution in [0.15, 0.2) is 18.2 Å². The van der Waals surface area contributed by atoms with Gasteiger partial charge < -0.3 is 14.2 Å². The lowest BCUT2D eigenvalue weighted by atomic mass is 10.0. The second-order valence-corrected chi connectivity index (χ2v) is 6.26. The SMILES string of the molecule is COC[C@H]1CN(Cc2cc(C#N)ccc2OC)CC(C)(C)O1. The summed E-state index contributed by atoms with van der Waals surface area (Å²) < 4.78 is 16.7. The van der Waals surface area contributed by atoms with E-state index >= 15 is 0 Å². The number of benzene rings is 1. The molecule has 1 heterocycles. The maximum absolute atomic E-state index is 9.09. The van der Waals surface area contributed by atoms with E-state index in [9.17, 15) is 0 Å². The molecule has 120 valence electrons. The van der Waals surface area contributed by atoms with Gasteiger partial charge in [-0.3, -0.25) is 4.90 Å². The monoisotopic (exact) mass is 304 g/mol. The van der Waals surface area contributed by atoms with E-state index in [1.165, 1.54) is 0 Å². The van der Waals surface area contributed by atoms with E-state index in [0.717, 1.165) is 30.9 Å². The van der Waals surface area contributed by atoms with E-state index < -0.39 is 0 Å². The Morgan fingerprint density at radius 3 is 2.82 bits per heavy atom. The fourth-order valence-corrected chi connectivity index (χ4v) is 3.02. The van der Waals surface area contributed by atoms with E-state index in [0.29, 0.717) is 12.2 Å². The van der Waals surface area contributed by atoms with Gasteiger partial charge in [-0.15, -0.1) is 0 Å². The zero-order chi connectivity index (χ0) is 16.2. The van der Waals surface area contributed by atoms with Gasteiger partial charge in [0, 0.05) is 32.3 Å². The number of hydrogen-bond acceptors (Lipinski definition) is 5. The Morgan fingerprint density at radius 2 is 2.18 bits per heavy atom. The standard InChI is InChI=1S/C17H24N2O3/c1-17(2)12-19(10-15(22-17)11-20-3)9-14-7-13(8-18)5-6-16(14)21-4/h5-7,15H,9-12H2,1-4H3/t15-/m1/s1. The van der Waals surface area contributed by atoms with E-state index in [2.05, 4.69) is 24.8 Å². The minimum atomic E-state index is -0.221. The van der Waals surface area contributed by atoms with Crippen molar-refractivity contribution in [2.45, 2.75) is 32.1 Å². The third-order valence-corrected chi connectivity index (χ3v) is 3.71. The van der Waals surface area contributed by atoms with Crippen molar-refractivity contribution in [2.75, 3.05) is 33.9 Å². The summed E-state index contributed by atoms with van der Waals surface area (Å²) >= 11 is 0. The van der Waals surface area contributed by atoms with Crippen molar-refractivity contribution in [3.05, 3.63) is 29.3 Å². The molecular formula is C17H24N2O3. The van der Waals surface area contributed by atoms with Crippen LogP contribution in [0, 0.1) is 11.3 Å². The van der Waals surface area contributed by atoms with Gasteiger partial charge in [-0.1, -0.05) is 0 Å². The Labute approximate surface area is 132 Å².